The van der Waals surface area contributed by atoms with Crippen LogP contribution in [0.5, 0.6) is 0 Å². The fourth-order valence-electron chi connectivity index (χ4n) is 5.31. The van der Waals surface area contributed by atoms with Crippen LogP contribution in [0.1, 0.15) is 25.3 Å². The van der Waals surface area contributed by atoms with E-state index in [9.17, 15) is 39.6 Å². The standard InChI is InChI=1S/C36H59ClN4O16/c1-25(42)41-32-28(43)23-36(35(48)49,57-34(32)33(47)29(44)24-40-31(46)22-26-2-4-27(37)5-3-26)56-21-20-55-17-14-52-11-8-39-30(45)6-9-50-12-15-53-18-19-54-16-13-51-10-7-38/h2-5,28-29,32-34,43-44,47H,6-24,38H2,1H3,(H,39,45)(H,40,46)(H,41,42)(H,48,49)/t28-,29+,32+,33+,34+,36+/m0/s1. The van der Waals surface area contributed by atoms with Crippen LogP contribution in [0.2, 0.25) is 5.02 Å². The molecule has 3 amide bonds. The van der Waals surface area contributed by atoms with Gasteiger partial charge in [-0.25, -0.2) is 4.79 Å². The molecule has 326 valence electrons. The lowest BCUT2D eigenvalue weighted by atomic mass is 9.88. The van der Waals surface area contributed by atoms with Gasteiger partial charge in [-0.15, -0.1) is 0 Å². The molecular formula is C36H59ClN4O16. The number of nitrogens with two attached hydrogens (primary N) is 1. The van der Waals surface area contributed by atoms with Gasteiger partial charge < -0.3 is 80.0 Å². The molecule has 20 nitrogen and oxygen atoms in total. The van der Waals surface area contributed by atoms with Gasteiger partial charge in [0.1, 0.15) is 12.2 Å². The molecule has 0 spiro atoms. The minimum absolute atomic E-state index is 0.0453. The van der Waals surface area contributed by atoms with Crippen LogP contribution < -0.4 is 21.7 Å². The number of benzene rings is 1. The molecule has 1 aliphatic heterocycles. The Morgan fingerprint density at radius 1 is 0.825 bits per heavy atom. The van der Waals surface area contributed by atoms with Crippen molar-refractivity contribution in [2.75, 3.05) is 106 Å². The molecular weight excluding hydrogens is 780 g/mol. The molecule has 2 rings (SSSR count). The lowest BCUT2D eigenvalue weighted by Gasteiger charge is -2.46. The number of carbonyl (C=O) groups is 4. The maximum Gasteiger partial charge on any atom is 0.364 e. The van der Waals surface area contributed by atoms with Crippen LogP contribution in [-0.4, -0.2) is 186 Å². The lowest BCUT2D eigenvalue weighted by molar-refractivity contribution is -0.312. The maximum absolute atomic E-state index is 12.4. The number of carboxylic acid groups (broad SMARTS) is 1. The second-order valence-electron chi connectivity index (χ2n) is 12.7. The summed E-state index contributed by atoms with van der Waals surface area (Å²) in [6, 6.07) is 5.20. The van der Waals surface area contributed by atoms with Gasteiger partial charge in [0, 0.05) is 44.4 Å². The Morgan fingerprint density at radius 3 is 1.93 bits per heavy atom. The molecule has 1 heterocycles. The molecule has 0 radical (unpaired) electrons. The molecule has 1 fully saturated rings. The molecule has 0 bridgehead atoms. The number of aliphatic carboxylic acids is 1. The summed E-state index contributed by atoms with van der Waals surface area (Å²) in [4.78, 5) is 48.7. The van der Waals surface area contributed by atoms with E-state index >= 15 is 0 Å². The summed E-state index contributed by atoms with van der Waals surface area (Å²) in [5.41, 5.74) is 5.97. The number of carboxylic acids is 1. The summed E-state index contributed by atoms with van der Waals surface area (Å²) in [5.74, 6) is -5.41. The molecule has 1 aromatic carbocycles. The van der Waals surface area contributed by atoms with Crippen LogP contribution in [0.15, 0.2) is 24.3 Å². The van der Waals surface area contributed by atoms with Crippen molar-refractivity contribution < 1.29 is 77.5 Å². The molecule has 6 atom stereocenters. The fraction of sp³-hybridized carbons (Fsp3) is 0.722. The maximum atomic E-state index is 12.4. The molecule has 0 saturated carbocycles. The minimum atomic E-state index is -2.48. The largest absolute Gasteiger partial charge is 0.477 e. The van der Waals surface area contributed by atoms with Crippen molar-refractivity contribution in [3.05, 3.63) is 34.9 Å². The third-order valence-corrected chi connectivity index (χ3v) is 8.39. The first-order valence-corrected chi connectivity index (χ1v) is 19.1. The van der Waals surface area contributed by atoms with Crippen LogP contribution in [0, 0.1) is 0 Å². The Balaban J connectivity index is 1.65. The SMILES string of the molecule is CC(=O)N[C@H]1[C@H]([C@H](O)[C@H](O)CNC(=O)Cc2ccc(Cl)cc2)O[C@@](OCCOCCOCCNC(=O)CCOCCOCCOCCOCCN)(C(=O)O)C[C@@H]1O. The fourth-order valence-corrected chi connectivity index (χ4v) is 5.43. The minimum Gasteiger partial charge on any atom is -0.477 e. The van der Waals surface area contributed by atoms with Gasteiger partial charge in [0.05, 0.1) is 111 Å². The van der Waals surface area contributed by atoms with E-state index in [0.29, 0.717) is 63.4 Å². The highest BCUT2D eigenvalue weighted by atomic mass is 35.5. The molecule has 57 heavy (non-hydrogen) atoms. The quantitative estimate of drug-likeness (QED) is 0.0355. The molecule has 0 aromatic heterocycles. The van der Waals surface area contributed by atoms with Gasteiger partial charge in [0.25, 0.3) is 5.79 Å². The Labute approximate surface area is 336 Å². The van der Waals surface area contributed by atoms with E-state index in [4.69, 9.17) is 55.2 Å². The summed E-state index contributed by atoms with van der Waals surface area (Å²) in [6.07, 6.45) is -7.35. The first kappa shape index (κ1) is 50.1. The number of nitrogens with one attached hydrogen (secondary N) is 3. The molecule has 1 saturated heterocycles. The highest BCUT2D eigenvalue weighted by Crippen LogP contribution is 2.33. The molecule has 21 heteroatoms. The number of rotatable bonds is 32. The van der Waals surface area contributed by atoms with Crippen LogP contribution in [-0.2, 0) is 63.5 Å². The van der Waals surface area contributed by atoms with Gasteiger partial charge in [0.2, 0.25) is 17.7 Å². The normalized spacial score (nSPS) is 20.4. The summed E-state index contributed by atoms with van der Waals surface area (Å²) in [7, 11) is 0. The van der Waals surface area contributed by atoms with E-state index in [0.717, 1.165) is 6.92 Å². The van der Waals surface area contributed by atoms with Crippen molar-refractivity contribution in [1.29, 1.82) is 0 Å². The zero-order valence-corrected chi connectivity index (χ0v) is 33.0. The van der Waals surface area contributed by atoms with Crippen molar-refractivity contribution in [2.45, 2.75) is 62.4 Å². The van der Waals surface area contributed by atoms with E-state index in [1.165, 1.54) is 0 Å². The smallest absolute Gasteiger partial charge is 0.364 e. The number of ether oxygens (including phenoxy) is 8. The van der Waals surface area contributed by atoms with Gasteiger partial charge in [-0.2, -0.15) is 0 Å². The highest BCUT2D eigenvalue weighted by Gasteiger charge is 2.55. The molecule has 1 aromatic rings. The molecule has 0 unspecified atom stereocenters. The average Bonchev–Trinajstić information content (AvgIpc) is 3.17. The number of halogens is 1. The predicted octanol–water partition coefficient (Wildman–Crippen LogP) is -2.26. The predicted molar refractivity (Wildman–Crippen MR) is 201 cm³/mol. The number of amides is 3. The first-order valence-electron chi connectivity index (χ1n) is 18.7. The second-order valence-corrected chi connectivity index (χ2v) is 13.2. The zero-order valence-electron chi connectivity index (χ0n) is 32.3. The highest BCUT2D eigenvalue weighted by molar-refractivity contribution is 6.30. The Hall–Kier alpha value is -3.09. The van der Waals surface area contributed by atoms with Gasteiger partial charge >= 0.3 is 5.97 Å². The van der Waals surface area contributed by atoms with E-state index in [2.05, 4.69) is 16.0 Å². The van der Waals surface area contributed by atoms with Crippen molar-refractivity contribution in [2.24, 2.45) is 5.73 Å². The van der Waals surface area contributed by atoms with E-state index in [1.54, 1.807) is 24.3 Å². The Kier molecular flexibility index (Phi) is 25.6. The monoisotopic (exact) mass is 838 g/mol. The van der Waals surface area contributed by atoms with Crippen molar-refractivity contribution in [3.63, 3.8) is 0 Å². The summed E-state index contributed by atoms with van der Waals surface area (Å²) < 4.78 is 43.4. The number of aliphatic hydroxyl groups excluding tert-OH is 3. The van der Waals surface area contributed by atoms with E-state index in [-0.39, 0.29) is 64.9 Å². The number of aliphatic hydroxyl groups is 3. The third kappa shape index (κ3) is 20.9. The molecule has 9 N–H and O–H groups in total. The van der Waals surface area contributed by atoms with Gasteiger partial charge in [-0.3, -0.25) is 14.4 Å². The van der Waals surface area contributed by atoms with E-state index < -0.39 is 67.0 Å². The zero-order chi connectivity index (χ0) is 41.9. The van der Waals surface area contributed by atoms with Crippen LogP contribution in [0.25, 0.3) is 0 Å². The number of hydrogen-bond donors (Lipinski definition) is 8. The average molecular weight is 839 g/mol. The molecule has 0 aliphatic carbocycles. The Bertz CT molecular complexity index is 1300. The summed E-state index contributed by atoms with van der Waals surface area (Å²) in [5, 5.41) is 50.9. The van der Waals surface area contributed by atoms with Gasteiger partial charge in [-0.1, -0.05) is 23.7 Å². The van der Waals surface area contributed by atoms with Gasteiger partial charge in [0.15, 0.2) is 0 Å². The topological polar surface area (TPSA) is 285 Å². The van der Waals surface area contributed by atoms with Crippen LogP contribution in [0.3, 0.4) is 0 Å². The van der Waals surface area contributed by atoms with Crippen LogP contribution in [0.4, 0.5) is 0 Å². The van der Waals surface area contributed by atoms with Crippen molar-refractivity contribution >= 4 is 35.3 Å². The lowest BCUT2D eigenvalue weighted by Crippen LogP contribution is -2.68. The number of carbonyl (C=O) groups excluding carboxylic acids is 3. The molecule has 1 aliphatic rings. The van der Waals surface area contributed by atoms with E-state index in [1.807, 2.05) is 0 Å². The first-order chi connectivity index (χ1) is 27.4. The van der Waals surface area contributed by atoms with Gasteiger partial charge in [-0.05, 0) is 17.7 Å². The second kappa shape index (κ2) is 29.2. The van der Waals surface area contributed by atoms with Crippen LogP contribution >= 0.6 is 11.6 Å². The summed E-state index contributed by atoms with van der Waals surface area (Å²) >= 11 is 5.87. The summed E-state index contributed by atoms with van der Waals surface area (Å²) in [6.45, 7) is 4.75. The Morgan fingerprint density at radius 2 is 1.37 bits per heavy atom. The number of hydrogen-bond acceptors (Lipinski definition) is 16. The van der Waals surface area contributed by atoms with Crippen molar-refractivity contribution in [1.82, 2.24) is 16.0 Å². The van der Waals surface area contributed by atoms with Crippen molar-refractivity contribution in [3.8, 4) is 0 Å². The third-order valence-electron chi connectivity index (χ3n) is 8.14.